The first-order valence-corrected chi connectivity index (χ1v) is 4.53. The van der Waals surface area contributed by atoms with Gasteiger partial charge in [0.2, 0.25) is 0 Å². The third kappa shape index (κ3) is 5.89. The van der Waals surface area contributed by atoms with Gasteiger partial charge in [0.25, 0.3) is 0 Å². The first-order valence-electron chi connectivity index (χ1n) is 4.53. The van der Waals surface area contributed by atoms with Gasteiger partial charge in [0.15, 0.2) is 0 Å². The molecule has 1 heterocycles. The van der Waals surface area contributed by atoms with Crippen molar-refractivity contribution in [2.75, 3.05) is 13.2 Å². The maximum Gasteiger partial charge on any atom is 0.0466 e. The van der Waals surface area contributed by atoms with Crippen molar-refractivity contribution in [2.45, 2.75) is 12.8 Å². The Morgan fingerprint density at radius 2 is 1.64 bits per heavy atom. The minimum absolute atomic E-state index is 0. The van der Waals surface area contributed by atoms with Gasteiger partial charge in [-0.05, 0) is 25.0 Å². The fraction of sp³-hybridized carbons (Fsp3) is 0.333. The van der Waals surface area contributed by atoms with Crippen LogP contribution in [0, 0.1) is 12.3 Å². The number of hydrogen-bond donors (Lipinski definition) is 0. The number of hydrogen-bond acceptors (Lipinski definition) is 1. The van der Waals surface area contributed by atoms with E-state index in [1.54, 1.807) is 0 Å². The Hall–Kier alpha value is -0.663. The number of rotatable bonds is 0. The summed E-state index contributed by atoms with van der Waals surface area (Å²) in [4.78, 5) is 0. The molecule has 2 rings (SSSR count). The van der Waals surface area contributed by atoms with E-state index in [2.05, 4.69) is 5.92 Å². The summed E-state index contributed by atoms with van der Waals surface area (Å²) in [5.74, 6) is 2.53. The van der Waals surface area contributed by atoms with Gasteiger partial charge >= 0.3 is 0 Å². The van der Waals surface area contributed by atoms with Crippen molar-refractivity contribution in [3.63, 3.8) is 0 Å². The second-order valence-corrected chi connectivity index (χ2v) is 2.83. The molecule has 1 nitrogen and oxygen atoms in total. The van der Waals surface area contributed by atoms with Crippen LogP contribution in [0.5, 0.6) is 0 Å². The van der Waals surface area contributed by atoms with Gasteiger partial charge in [-0.2, -0.15) is 0 Å². The molecule has 0 bridgehead atoms. The van der Waals surface area contributed by atoms with Gasteiger partial charge in [0.05, 0.1) is 0 Å². The van der Waals surface area contributed by atoms with Crippen LogP contribution < -0.4 is 0 Å². The molecule has 1 saturated heterocycles. The van der Waals surface area contributed by atoms with E-state index in [1.807, 2.05) is 30.3 Å². The van der Waals surface area contributed by atoms with Crippen molar-refractivity contribution in [1.29, 1.82) is 0 Å². The Labute approximate surface area is 98.0 Å². The van der Waals surface area contributed by atoms with Gasteiger partial charge < -0.3 is 4.74 Å². The molecule has 0 atom stereocenters. The molecule has 0 saturated carbocycles. The zero-order valence-electron chi connectivity index (χ0n) is 8.70. The average molecular weight is 181 g/mol. The minimum atomic E-state index is 0. The molecule has 1 fully saturated rings. The molecular weight excluding hydrogens is 167 g/mol. The third-order valence-electron chi connectivity index (χ3n) is 1.77. The van der Waals surface area contributed by atoms with Gasteiger partial charge in [0, 0.05) is 37.6 Å². The summed E-state index contributed by atoms with van der Waals surface area (Å²) in [5.41, 5.74) is 0.938. The van der Waals surface area contributed by atoms with Gasteiger partial charge in [-0.1, -0.05) is 24.1 Å². The van der Waals surface area contributed by atoms with E-state index in [0.717, 1.165) is 18.8 Å². The van der Waals surface area contributed by atoms with E-state index in [1.165, 1.54) is 12.8 Å². The summed E-state index contributed by atoms with van der Waals surface area (Å²) in [7, 11) is 0. The molecule has 69 valence electrons. The van der Waals surface area contributed by atoms with Crippen molar-refractivity contribution < 1.29 is 4.74 Å². The fourth-order valence-electron chi connectivity index (χ4n) is 1.04. The van der Waals surface area contributed by atoms with E-state index >= 15 is 0 Å². The minimum Gasteiger partial charge on any atom is -0.381 e. The van der Waals surface area contributed by atoms with Crippen LogP contribution in [-0.2, 0) is 4.74 Å². The Kier molecular flexibility index (Phi) is 8.49. The molecule has 1 aliphatic rings. The summed E-state index contributed by atoms with van der Waals surface area (Å²) in [5, 5.41) is 0. The zero-order valence-corrected chi connectivity index (χ0v) is 8.70. The summed E-state index contributed by atoms with van der Waals surface area (Å²) < 4.78 is 4.94. The quantitative estimate of drug-likeness (QED) is 0.440. The van der Waals surface area contributed by atoms with Gasteiger partial charge in [-0.25, -0.2) is 0 Å². The van der Waals surface area contributed by atoms with Crippen molar-refractivity contribution in [1.82, 2.24) is 0 Å². The molecule has 1 aromatic carbocycles. The number of ether oxygens (including phenoxy) is 1. The second-order valence-electron chi connectivity index (χ2n) is 2.83. The van der Waals surface area contributed by atoms with Crippen LogP contribution in [0.3, 0.4) is 0 Å². The van der Waals surface area contributed by atoms with Crippen LogP contribution in [0.25, 0.3) is 0 Å². The predicted molar refractivity (Wildman–Crippen MR) is 60.2 cm³/mol. The normalized spacial score (nSPS) is 13.1. The molecule has 0 spiro atoms. The predicted octanol–water partition coefficient (Wildman–Crippen LogP) is 2.08. The standard InChI is InChI=1S/C8H6.C4H8O.Li/c1-2-8-6-4-3-5-7-8;1-2-4-5-3-1;/h1,3-7H;1-4H2;. The fourth-order valence-corrected chi connectivity index (χ4v) is 1.04. The monoisotopic (exact) mass is 181 g/mol. The van der Waals surface area contributed by atoms with Gasteiger partial charge in [0.1, 0.15) is 0 Å². The van der Waals surface area contributed by atoms with Crippen LogP contribution in [-0.4, -0.2) is 32.1 Å². The second kappa shape index (κ2) is 8.91. The van der Waals surface area contributed by atoms with Crippen molar-refractivity contribution in [2.24, 2.45) is 0 Å². The zero-order chi connectivity index (χ0) is 9.36. The first kappa shape index (κ1) is 13.3. The van der Waals surface area contributed by atoms with Crippen molar-refractivity contribution in [3.8, 4) is 12.3 Å². The number of terminal acetylenes is 1. The van der Waals surface area contributed by atoms with E-state index in [-0.39, 0.29) is 18.9 Å². The Morgan fingerprint density at radius 1 is 1.07 bits per heavy atom. The Bertz CT molecular complexity index is 252. The summed E-state index contributed by atoms with van der Waals surface area (Å²) >= 11 is 0. The maximum absolute atomic E-state index is 5.10. The molecule has 1 aromatic rings. The smallest absolute Gasteiger partial charge is 0.0466 e. The molecular formula is C12H14LiO. The molecule has 0 aromatic heterocycles. The Balaban J connectivity index is 0.000000246. The molecule has 0 unspecified atom stereocenters. The topological polar surface area (TPSA) is 9.23 Å². The van der Waals surface area contributed by atoms with Crippen molar-refractivity contribution in [3.05, 3.63) is 35.9 Å². The van der Waals surface area contributed by atoms with Gasteiger partial charge in [-0.3, -0.25) is 0 Å². The van der Waals surface area contributed by atoms with Crippen LogP contribution in [0.15, 0.2) is 30.3 Å². The molecule has 0 amide bonds. The van der Waals surface area contributed by atoms with Crippen LogP contribution in [0.1, 0.15) is 18.4 Å². The SMILES string of the molecule is C#Cc1ccccc1.C1CCOC1.[Li]. The maximum atomic E-state index is 5.10. The average Bonchev–Trinajstić information content (AvgIpc) is 2.77. The molecule has 1 radical (unpaired) electrons. The van der Waals surface area contributed by atoms with Crippen LogP contribution >= 0.6 is 0 Å². The molecule has 2 heteroatoms. The summed E-state index contributed by atoms with van der Waals surface area (Å²) in [6, 6.07) is 9.60. The molecule has 1 aliphatic heterocycles. The van der Waals surface area contributed by atoms with E-state index in [9.17, 15) is 0 Å². The summed E-state index contributed by atoms with van der Waals surface area (Å²) in [6.07, 6.45) is 7.66. The largest absolute Gasteiger partial charge is 0.381 e. The van der Waals surface area contributed by atoms with Gasteiger partial charge in [-0.15, -0.1) is 6.42 Å². The van der Waals surface area contributed by atoms with Crippen molar-refractivity contribution >= 4 is 18.9 Å². The van der Waals surface area contributed by atoms with Crippen LogP contribution in [0.2, 0.25) is 0 Å². The third-order valence-corrected chi connectivity index (χ3v) is 1.77. The molecule has 0 N–H and O–H groups in total. The van der Waals surface area contributed by atoms with E-state index in [4.69, 9.17) is 11.2 Å². The first-order chi connectivity index (χ1) is 6.43. The molecule has 14 heavy (non-hydrogen) atoms. The van der Waals surface area contributed by atoms with E-state index < -0.39 is 0 Å². The Morgan fingerprint density at radius 3 is 1.93 bits per heavy atom. The van der Waals surface area contributed by atoms with Crippen LogP contribution in [0.4, 0.5) is 0 Å². The molecule has 0 aliphatic carbocycles. The summed E-state index contributed by atoms with van der Waals surface area (Å²) in [6.45, 7) is 2.00. The number of benzene rings is 1. The van der Waals surface area contributed by atoms with E-state index in [0.29, 0.717) is 0 Å².